The maximum Gasteiger partial charge on any atom is 0.343 e. The van der Waals surface area contributed by atoms with E-state index in [1.807, 2.05) is 31.2 Å². The van der Waals surface area contributed by atoms with E-state index in [0.29, 0.717) is 19.6 Å². The number of hydrogen-bond donors (Lipinski definition) is 1. The van der Waals surface area contributed by atoms with Gasteiger partial charge in [0.15, 0.2) is 0 Å². The van der Waals surface area contributed by atoms with Crippen molar-refractivity contribution in [2.45, 2.75) is 20.0 Å². The Morgan fingerprint density at radius 2 is 2.05 bits per heavy atom. The van der Waals surface area contributed by atoms with Crippen LogP contribution in [0.15, 0.2) is 29.1 Å². The average molecular weight is 258 g/mol. The Balaban J connectivity index is 1.87. The fourth-order valence-corrected chi connectivity index (χ4v) is 2.30. The number of aromatic nitrogens is 3. The first-order valence-corrected chi connectivity index (χ1v) is 6.16. The van der Waals surface area contributed by atoms with Crippen LogP contribution >= 0.6 is 0 Å². The quantitative estimate of drug-likeness (QED) is 0.854. The lowest BCUT2D eigenvalue weighted by Gasteiger charge is -2.27. The summed E-state index contributed by atoms with van der Waals surface area (Å²) in [5, 5.41) is 6.10. The van der Waals surface area contributed by atoms with Crippen LogP contribution < -0.4 is 5.69 Å². The third kappa shape index (κ3) is 1.95. The summed E-state index contributed by atoms with van der Waals surface area (Å²) >= 11 is 0. The van der Waals surface area contributed by atoms with Crippen LogP contribution in [-0.4, -0.2) is 32.1 Å². The van der Waals surface area contributed by atoms with Crippen LogP contribution in [-0.2, 0) is 13.1 Å². The fraction of sp³-hybridized carbons (Fsp3) is 0.308. The second-order valence-electron chi connectivity index (χ2n) is 4.66. The first-order valence-electron chi connectivity index (χ1n) is 6.16. The molecule has 1 N–H and O–H groups in total. The third-order valence-corrected chi connectivity index (χ3v) is 3.45. The van der Waals surface area contributed by atoms with Gasteiger partial charge in [0.1, 0.15) is 0 Å². The van der Waals surface area contributed by atoms with Crippen molar-refractivity contribution in [1.29, 1.82) is 0 Å². The minimum Gasteiger partial charge on any atom is -0.330 e. The van der Waals surface area contributed by atoms with Gasteiger partial charge in [-0.3, -0.25) is 9.36 Å². The van der Waals surface area contributed by atoms with Crippen LogP contribution in [0.3, 0.4) is 0 Å². The highest BCUT2D eigenvalue weighted by atomic mass is 16.2. The lowest BCUT2D eigenvalue weighted by molar-refractivity contribution is 0.0681. The molecule has 3 rings (SSSR count). The molecule has 0 atom stereocenters. The van der Waals surface area contributed by atoms with E-state index in [0.717, 1.165) is 11.1 Å². The zero-order valence-electron chi connectivity index (χ0n) is 10.6. The molecule has 0 bridgehead atoms. The van der Waals surface area contributed by atoms with E-state index in [9.17, 15) is 9.59 Å². The molecule has 6 nitrogen and oxygen atoms in total. The Morgan fingerprint density at radius 3 is 2.84 bits per heavy atom. The molecule has 1 amide bonds. The lowest BCUT2D eigenvalue weighted by atomic mass is 10.1. The topological polar surface area (TPSA) is 71.0 Å². The largest absolute Gasteiger partial charge is 0.343 e. The zero-order chi connectivity index (χ0) is 13.4. The molecule has 2 heterocycles. The molecule has 1 aromatic heterocycles. The van der Waals surface area contributed by atoms with Gasteiger partial charge < -0.3 is 4.90 Å². The van der Waals surface area contributed by atoms with Gasteiger partial charge in [-0.15, -0.1) is 5.10 Å². The van der Waals surface area contributed by atoms with Gasteiger partial charge in [-0.25, -0.2) is 9.89 Å². The highest BCUT2D eigenvalue weighted by Crippen LogP contribution is 2.14. The van der Waals surface area contributed by atoms with E-state index in [2.05, 4.69) is 10.2 Å². The maximum atomic E-state index is 12.2. The standard InChI is InChI=1S/C13H14N4O2/c1-9-4-2-3-5-10(9)8-16-6-7-17-11(12(16)18)14-15-13(17)19/h2-5H,6-8H2,1H3,(H,15,19). The van der Waals surface area contributed by atoms with Crippen molar-refractivity contribution in [2.24, 2.45) is 0 Å². The number of carbonyl (C=O) groups is 1. The summed E-state index contributed by atoms with van der Waals surface area (Å²) < 4.78 is 1.39. The molecular weight excluding hydrogens is 244 g/mol. The molecule has 1 aliphatic rings. The Labute approximate surface area is 109 Å². The maximum absolute atomic E-state index is 12.2. The number of aryl methyl sites for hydroxylation is 1. The van der Waals surface area contributed by atoms with Crippen LogP contribution in [0.5, 0.6) is 0 Å². The van der Waals surface area contributed by atoms with E-state index < -0.39 is 0 Å². The van der Waals surface area contributed by atoms with Crippen LogP contribution in [0, 0.1) is 6.92 Å². The van der Waals surface area contributed by atoms with E-state index in [-0.39, 0.29) is 17.4 Å². The van der Waals surface area contributed by atoms with Crippen molar-refractivity contribution in [3.63, 3.8) is 0 Å². The van der Waals surface area contributed by atoms with Crippen LogP contribution in [0.4, 0.5) is 0 Å². The van der Waals surface area contributed by atoms with Gasteiger partial charge >= 0.3 is 5.69 Å². The van der Waals surface area contributed by atoms with E-state index in [1.54, 1.807) is 4.90 Å². The van der Waals surface area contributed by atoms with Crippen molar-refractivity contribution in [2.75, 3.05) is 6.54 Å². The summed E-state index contributed by atoms with van der Waals surface area (Å²) in [6.45, 7) is 3.59. The van der Waals surface area contributed by atoms with Gasteiger partial charge in [-0.1, -0.05) is 24.3 Å². The normalized spacial score (nSPS) is 14.6. The van der Waals surface area contributed by atoms with Crippen molar-refractivity contribution < 1.29 is 4.79 Å². The molecule has 0 spiro atoms. The molecule has 6 heteroatoms. The second kappa shape index (κ2) is 4.38. The van der Waals surface area contributed by atoms with Gasteiger partial charge in [0, 0.05) is 19.6 Å². The molecule has 19 heavy (non-hydrogen) atoms. The van der Waals surface area contributed by atoms with Gasteiger partial charge in [0.2, 0.25) is 5.82 Å². The minimum absolute atomic E-state index is 0.199. The van der Waals surface area contributed by atoms with Gasteiger partial charge in [0.05, 0.1) is 0 Å². The summed E-state index contributed by atoms with van der Waals surface area (Å²) in [6.07, 6.45) is 0. The number of fused-ring (bicyclic) bond motifs is 1. The summed E-state index contributed by atoms with van der Waals surface area (Å²) in [6, 6.07) is 7.96. The molecular formula is C13H14N4O2. The van der Waals surface area contributed by atoms with E-state index in [4.69, 9.17) is 0 Å². The number of amides is 1. The van der Waals surface area contributed by atoms with Gasteiger partial charge in [0.25, 0.3) is 5.91 Å². The predicted molar refractivity (Wildman–Crippen MR) is 68.8 cm³/mol. The number of rotatable bonds is 2. The summed E-state index contributed by atoms with van der Waals surface area (Å²) in [5.41, 5.74) is 1.95. The van der Waals surface area contributed by atoms with Crippen LogP contribution in [0.25, 0.3) is 0 Å². The molecule has 1 aromatic carbocycles. The highest BCUT2D eigenvalue weighted by molar-refractivity contribution is 5.91. The Hall–Kier alpha value is -2.37. The first kappa shape index (κ1) is 11.7. The molecule has 0 fully saturated rings. The number of benzene rings is 1. The number of nitrogens with one attached hydrogen (secondary N) is 1. The monoisotopic (exact) mass is 258 g/mol. The number of aromatic amines is 1. The average Bonchev–Trinajstić information content (AvgIpc) is 2.78. The number of carbonyl (C=O) groups excluding carboxylic acids is 1. The highest BCUT2D eigenvalue weighted by Gasteiger charge is 2.27. The molecule has 0 aliphatic carbocycles. The Kier molecular flexibility index (Phi) is 2.70. The molecule has 1 aliphatic heterocycles. The van der Waals surface area contributed by atoms with E-state index >= 15 is 0 Å². The molecule has 2 aromatic rings. The molecule has 0 saturated carbocycles. The number of H-pyrrole nitrogens is 1. The van der Waals surface area contributed by atoms with Gasteiger partial charge in [-0.2, -0.15) is 0 Å². The summed E-state index contributed by atoms with van der Waals surface area (Å²) in [5.74, 6) is -0.00214. The summed E-state index contributed by atoms with van der Waals surface area (Å²) in [7, 11) is 0. The molecule has 0 unspecified atom stereocenters. The smallest absolute Gasteiger partial charge is 0.330 e. The lowest BCUT2D eigenvalue weighted by Crippen LogP contribution is -2.42. The van der Waals surface area contributed by atoms with Crippen molar-refractivity contribution in [3.05, 3.63) is 51.7 Å². The van der Waals surface area contributed by atoms with Crippen molar-refractivity contribution >= 4 is 5.91 Å². The fourth-order valence-electron chi connectivity index (χ4n) is 2.30. The van der Waals surface area contributed by atoms with E-state index in [1.165, 1.54) is 4.57 Å². The summed E-state index contributed by atoms with van der Waals surface area (Å²) in [4.78, 5) is 25.4. The molecule has 0 saturated heterocycles. The molecule has 0 radical (unpaired) electrons. The van der Waals surface area contributed by atoms with Crippen LogP contribution in [0.2, 0.25) is 0 Å². The predicted octanol–water partition coefficient (Wildman–Crippen LogP) is 0.536. The first-order chi connectivity index (χ1) is 9.16. The second-order valence-corrected chi connectivity index (χ2v) is 4.66. The Bertz CT molecular complexity index is 686. The number of hydrogen-bond acceptors (Lipinski definition) is 3. The Morgan fingerprint density at radius 1 is 1.26 bits per heavy atom. The number of nitrogens with zero attached hydrogens (tertiary/aromatic N) is 3. The SMILES string of the molecule is Cc1ccccc1CN1CCn2c(n[nH]c2=O)C1=O. The minimum atomic E-state index is -0.320. The van der Waals surface area contributed by atoms with Crippen molar-refractivity contribution in [1.82, 2.24) is 19.7 Å². The van der Waals surface area contributed by atoms with Crippen molar-refractivity contribution in [3.8, 4) is 0 Å². The third-order valence-electron chi connectivity index (χ3n) is 3.45. The molecule has 98 valence electrons. The van der Waals surface area contributed by atoms with Crippen LogP contribution in [0.1, 0.15) is 21.7 Å². The zero-order valence-corrected chi connectivity index (χ0v) is 10.6. The van der Waals surface area contributed by atoms with Gasteiger partial charge in [-0.05, 0) is 18.1 Å².